The van der Waals surface area contributed by atoms with Crippen molar-refractivity contribution in [1.29, 1.82) is 0 Å². The van der Waals surface area contributed by atoms with Crippen molar-refractivity contribution in [2.45, 2.75) is 31.7 Å². The van der Waals surface area contributed by atoms with Crippen LogP contribution in [-0.2, 0) is 0 Å². The van der Waals surface area contributed by atoms with Crippen molar-refractivity contribution >= 4 is 16.6 Å². The molecular weight excluding hydrogens is 220 g/mol. The van der Waals surface area contributed by atoms with Gasteiger partial charge >= 0.3 is 0 Å². The molecule has 0 aliphatic heterocycles. The molecule has 2 heteroatoms. The average Bonchev–Trinajstić information content (AvgIpc) is 3.29. The molecule has 0 atom stereocenters. The Kier molecular flexibility index (Phi) is 2.29. The molecule has 18 heavy (non-hydrogen) atoms. The molecule has 1 N–H and O–H groups in total. The quantitative estimate of drug-likeness (QED) is 0.875. The zero-order chi connectivity index (χ0) is 11.9. The van der Waals surface area contributed by atoms with E-state index in [2.05, 4.69) is 40.6 Å². The topological polar surface area (TPSA) is 24.9 Å². The number of hydrogen-bond donors (Lipinski definition) is 1. The molecular formula is C16H18N2. The lowest BCUT2D eigenvalue weighted by Crippen LogP contribution is -2.24. The molecule has 0 amide bonds. The normalized spacial score (nSPS) is 19.4. The molecule has 0 unspecified atom stereocenters. The maximum atomic E-state index is 4.43. The summed E-state index contributed by atoms with van der Waals surface area (Å²) in [6.45, 7) is 0. The van der Waals surface area contributed by atoms with Crippen molar-refractivity contribution in [2.75, 3.05) is 5.32 Å². The third-order valence-corrected chi connectivity index (χ3v) is 4.23. The zero-order valence-electron chi connectivity index (χ0n) is 10.5. The summed E-state index contributed by atoms with van der Waals surface area (Å²) in [6, 6.07) is 11.2. The number of benzene rings is 1. The molecule has 4 rings (SSSR count). The summed E-state index contributed by atoms with van der Waals surface area (Å²) in [7, 11) is 0. The first-order valence-electron chi connectivity index (χ1n) is 7.02. The van der Waals surface area contributed by atoms with Crippen LogP contribution in [0.2, 0.25) is 0 Å². The third-order valence-electron chi connectivity index (χ3n) is 4.23. The highest BCUT2D eigenvalue weighted by molar-refractivity contribution is 5.91. The summed E-state index contributed by atoms with van der Waals surface area (Å²) in [5, 5.41) is 5.06. The van der Waals surface area contributed by atoms with Gasteiger partial charge in [-0.3, -0.25) is 4.98 Å². The van der Waals surface area contributed by atoms with Gasteiger partial charge in [-0.05, 0) is 49.7 Å². The predicted octanol–water partition coefficient (Wildman–Crippen LogP) is 3.84. The molecule has 0 spiro atoms. The molecule has 2 nitrogen and oxygen atoms in total. The fourth-order valence-corrected chi connectivity index (χ4v) is 2.93. The fourth-order valence-electron chi connectivity index (χ4n) is 2.93. The third kappa shape index (κ3) is 1.86. The van der Waals surface area contributed by atoms with Crippen molar-refractivity contribution in [3.8, 4) is 0 Å². The molecule has 0 radical (unpaired) electrons. The van der Waals surface area contributed by atoms with Gasteiger partial charge in [0, 0.05) is 23.3 Å². The van der Waals surface area contributed by atoms with E-state index in [9.17, 15) is 0 Å². The molecule has 0 bridgehead atoms. The fraction of sp³-hybridized carbons (Fsp3) is 0.438. The van der Waals surface area contributed by atoms with Crippen molar-refractivity contribution < 1.29 is 0 Å². The van der Waals surface area contributed by atoms with Crippen molar-refractivity contribution in [1.82, 2.24) is 4.98 Å². The number of anilines is 1. The first-order valence-corrected chi connectivity index (χ1v) is 7.02. The van der Waals surface area contributed by atoms with Crippen LogP contribution in [0.5, 0.6) is 0 Å². The Bertz CT molecular complexity index is 553. The maximum Gasteiger partial charge on any atom is 0.0722 e. The van der Waals surface area contributed by atoms with E-state index in [4.69, 9.17) is 0 Å². The number of nitrogens with zero attached hydrogens (tertiary/aromatic N) is 1. The van der Waals surface area contributed by atoms with E-state index in [0.717, 1.165) is 17.4 Å². The standard InChI is InChI=1S/C16H18N2/c1-2-4-14-13(3-1)15(9-10-17-14)18-16(11-5-6-11)12-7-8-12/h1-4,9-12,16H,5-8H2,(H,17,18). The highest BCUT2D eigenvalue weighted by Gasteiger charge is 2.41. The van der Waals surface area contributed by atoms with Gasteiger partial charge in [0.1, 0.15) is 0 Å². The van der Waals surface area contributed by atoms with E-state index in [0.29, 0.717) is 6.04 Å². The highest BCUT2D eigenvalue weighted by atomic mass is 15.0. The van der Waals surface area contributed by atoms with E-state index in [1.807, 2.05) is 6.20 Å². The molecule has 2 aromatic rings. The van der Waals surface area contributed by atoms with Gasteiger partial charge in [0.15, 0.2) is 0 Å². The number of pyridine rings is 1. The zero-order valence-corrected chi connectivity index (χ0v) is 10.5. The van der Waals surface area contributed by atoms with Gasteiger partial charge in [-0.15, -0.1) is 0 Å². The first-order chi connectivity index (χ1) is 8.92. The molecule has 2 fully saturated rings. The van der Waals surface area contributed by atoms with E-state index in [-0.39, 0.29) is 0 Å². The molecule has 1 aromatic heterocycles. The molecule has 1 aromatic carbocycles. The van der Waals surface area contributed by atoms with Crippen molar-refractivity contribution in [3.63, 3.8) is 0 Å². The SMILES string of the molecule is c1ccc2c(NC(C3CC3)C3CC3)ccnc2c1. The molecule has 1 heterocycles. The summed E-state index contributed by atoms with van der Waals surface area (Å²) in [5.41, 5.74) is 2.36. The Hall–Kier alpha value is -1.57. The molecule has 2 saturated carbocycles. The number of hydrogen-bond acceptors (Lipinski definition) is 2. The van der Waals surface area contributed by atoms with Crippen LogP contribution in [0.1, 0.15) is 25.7 Å². The number of nitrogens with one attached hydrogen (secondary N) is 1. The van der Waals surface area contributed by atoms with E-state index in [1.165, 1.54) is 36.8 Å². The van der Waals surface area contributed by atoms with Crippen LogP contribution in [0.3, 0.4) is 0 Å². The lowest BCUT2D eigenvalue weighted by atomic mass is 10.1. The van der Waals surface area contributed by atoms with Crippen LogP contribution >= 0.6 is 0 Å². The van der Waals surface area contributed by atoms with Crippen LogP contribution in [0.15, 0.2) is 36.5 Å². The van der Waals surface area contributed by atoms with Crippen LogP contribution in [0, 0.1) is 11.8 Å². The Morgan fingerprint density at radius 3 is 2.44 bits per heavy atom. The first kappa shape index (κ1) is 10.4. The highest BCUT2D eigenvalue weighted by Crippen LogP contribution is 2.46. The van der Waals surface area contributed by atoms with Crippen molar-refractivity contribution in [2.24, 2.45) is 11.8 Å². The van der Waals surface area contributed by atoms with Crippen LogP contribution < -0.4 is 5.32 Å². The minimum Gasteiger partial charge on any atom is -0.381 e. The van der Waals surface area contributed by atoms with E-state index < -0.39 is 0 Å². The van der Waals surface area contributed by atoms with E-state index in [1.54, 1.807) is 0 Å². The second-order valence-electron chi connectivity index (χ2n) is 5.72. The minimum absolute atomic E-state index is 0.704. The number of fused-ring (bicyclic) bond motifs is 1. The lowest BCUT2D eigenvalue weighted by molar-refractivity contribution is 0.568. The molecule has 2 aliphatic carbocycles. The second-order valence-corrected chi connectivity index (χ2v) is 5.72. The largest absolute Gasteiger partial charge is 0.381 e. The molecule has 0 saturated heterocycles. The van der Waals surface area contributed by atoms with Gasteiger partial charge in [0.2, 0.25) is 0 Å². The predicted molar refractivity (Wildman–Crippen MR) is 74.6 cm³/mol. The van der Waals surface area contributed by atoms with Crippen LogP contribution in [-0.4, -0.2) is 11.0 Å². The number of rotatable bonds is 4. The monoisotopic (exact) mass is 238 g/mol. The van der Waals surface area contributed by atoms with Gasteiger partial charge in [-0.1, -0.05) is 18.2 Å². The summed E-state index contributed by atoms with van der Waals surface area (Å²) in [5.74, 6) is 1.84. The van der Waals surface area contributed by atoms with Crippen LogP contribution in [0.4, 0.5) is 5.69 Å². The summed E-state index contributed by atoms with van der Waals surface area (Å²) >= 11 is 0. The maximum absolute atomic E-state index is 4.43. The number of para-hydroxylation sites is 1. The van der Waals surface area contributed by atoms with Gasteiger partial charge in [0.05, 0.1) is 5.52 Å². The molecule has 92 valence electrons. The van der Waals surface area contributed by atoms with Crippen molar-refractivity contribution in [3.05, 3.63) is 36.5 Å². The molecule has 2 aliphatic rings. The Balaban J connectivity index is 1.68. The smallest absolute Gasteiger partial charge is 0.0722 e. The van der Waals surface area contributed by atoms with Crippen LogP contribution in [0.25, 0.3) is 10.9 Å². The van der Waals surface area contributed by atoms with E-state index >= 15 is 0 Å². The number of aromatic nitrogens is 1. The average molecular weight is 238 g/mol. The second kappa shape index (κ2) is 3.98. The van der Waals surface area contributed by atoms with Gasteiger partial charge in [-0.25, -0.2) is 0 Å². The Labute approximate surface area is 107 Å². The summed E-state index contributed by atoms with van der Waals surface area (Å²) in [6.07, 6.45) is 7.57. The van der Waals surface area contributed by atoms with Gasteiger partial charge < -0.3 is 5.32 Å². The Morgan fingerprint density at radius 1 is 1.00 bits per heavy atom. The Morgan fingerprint density at radius 2 is 1.72 bits per heavy atom. The lowest BCUT2D eigenvalue weighted by Gasteiger charge is -2.20. The summed E-state index contributed by atoms with van der Waals surface area (Å²) in [4.78, 5) is 4.43. The van der Waals surface area contributed by atoms with Gasteiger partial charge in [-0.2, -0.15) is 0 Å². The summed E-state index contributed by atoms with van der Waals surface area (Å²) < 4.78 is 0. The minimum atomic E-state index is 0.704. The van der Waals surface area contributed by atoms with Gasteiger partial charge in [0.25, 0.3) is 0 Å².